The standard InChI is InChI=1S/C22H34N4O/c1-24-6-4-22(5-7-24)13-17(14-22)16-25-8-10-26(11-9-25)19-2-3-20-18(12-19)15-23-21(20)27/h2-3,12,17,21,23,27H,4-11,13-16H2,1H3. The Morgan fingerprint density at radius 3 is 2.56 bits per heavy atom. The van der Waals surface area contributed by atoms with Crippen LogP contribution in [0, 0.1) is 11.3 Å². The number of nitrogens with zero attached hydrogens (tertiary/aromatic N) is 3. The third-order valence-corrected chi connectivity index (χ3v) is 7.65. The van der Waals surface area contributed by atoms with E-state index in [0.29, 0.717) is 5.41 Å². The molecule has 2 saturated heterocycles. The highest BCUT2D eigenvalue weighted by atomic mass is 16.3. The lowest BCUT2D eigenvalue weighted by atomic mass is 9.57. The van der Waals surface area contributed by atoms with Gasteiger partial charge in [-0.3, -0.25) is 10.2 Å². The fourth-order valence-electron chi connectivity index (χ4n) is 5.87. The van der Waals surface area contributed by atoms with Crippen LogP contribution in [0.5, 0.6) is 0 Å². The van der Waals surface area contributed by atoms with Crippen molar-refractivity contribution in [1.82, 2.24) is 15.1 Å². The summed E-state index contributed by atoms with van der Waals surface area (Å²) in [6.45, 7) is 9.32. The van der Waals surface area contributed by atoms with Crippen LogP contribution in [0.2, 0.25) is 0 Å². The second-order valence-corrected chi connectivity index (χ2v) is 9.53. The molecule has 5 nitrogen and oxygen atoms in total. The van der Waals surface area contributed by atoms with E-state index < -0.39 is 6.23 Å². The molecular weight excluding hydrogens is 336 g/mol. The van der Waals surface area contributed by atoms with Crippen LogP contribution in [-0.2, 0) is 6.54 Å². The van der Waals surface area contributed by atoms with Crippen molar-refractivity contribution in [2.45, 2.75) is 38.5 Å². The molecule has 1 spiro atoms. The highest BCUT2D eigenvalue weighted by Gasteiger charge is 2.45. The number of piperidine rings is 1. The van der Waals surface area contributed by atoms with Gasteiger partial charge < -0.3 is 14.9 Å². The number of hydrogen-bond acceptors (Lipinski definition) is 5. The topological polar surface area (TPSA) is 42.0 Å². The van der Waals surface area contributed by atoms with Gasteiger partial charge in [-0.1, -0.05) is 6.07 Å². The largest absolute Gasteiger partial charge is 0.374 e. The van der Waals surface area contributed by atoms with E-state index in [-0.39, 0.29) is 0 Å². The van der Waals surface area contributed by atoms with Gasteiger partial charge in [0.2, 0.25) is 0 Å². The van der Waals surface area contributed by atoms with Crippen molar-refractivity contribution in [2.24, 2.45) is 11.3 Å². The number of nitrogens with one attached hydrogen (secondary N) is 1. The van der Waals surface area contributed by atoms with Crippen molar-refractivity contribution in [3.63, 3.8) is 0 Å². The Kier molecular flexibility index (Phi) is 4.67. The third kappa shape index (κ3) is 3.51. The second-order valence-electron chi connectivity index (χ2n) is 9.53. The molecule has 4 aliphatic rings. The number of fused-ring (bicyclic) bond motifs is 1. The van der Waals surface area contributed by atoms with E-state index in [2.05, 4.69) is 45.3 Å². The van der Waals surface area contributed by atoms with E-state index in [1.54, 1.807) is 0 Å². The Hall–Kier alpha value is -1.14. The molecule has 1 unspecified atom stereocenters. The van der Waals surface area contributed by atoms with E-state index in [0.717, 1.165) is 31.1 Å². The number of aliphatic hydroxyl groups excluding tert-OH is 1. The summed E-state index contributed by atoms with van der Waals surface area (Å²) in [6, 6.07) is 6.54. The first kappa shape index (κ1) is 17.9. The van der Waals surface area contributed by atoms with Crippen molar-refractivity contribution in [2.75, 3.05) is 57.8 Å². The van der Waals surface area contributed by atoms with E-state index in [9.17, 15) is 5.11 Å². The zero-order valence-electron chi connectivity index (χ0n) is 16.7. The average Bonchev–Trinajstić information content (AvgIpc) is 3.03. The fourth-order valence-corrected chi connectivity index (χ4v) is 5.87. The second kappa shape index (κ2) is 7.03. The molecule has 1 atom stereocenters. The van der Waals surface area contributed by atoms with Crippen LogP contribution in [0.25, 0.3) is 0 Å². The molecule has 27 heavy (non-hydrogen) atoms. The fraction of sp³-hybridized carbons (Fsp3) is 0.727. The van der Waals surface area contributed by atoms with Crippen molar-refractivity contribution < 1.29 is 5.11 Å². The van der Waals surface area contributed by atoms with Crippen LogP contribution in [0.3, 0.4) is 0 Å². The first-order valence-electron chi connectivity index (χ1n) is 10.8. The molecule has 0 aromatic heterocycles. The summed E-state index contributed by atoms with van der Waals surface area (Å²) in [4.78, 5) is 7.70. The predicted molar refractivity (Wildman–Crippen MR) is 109 cm³/mol. The first-order valence-corrected chi connectivity index (χ1v) is 10.8. The predicted octanol–water partition coefficient (Wildman–Crippen LogP) is 2.02. The van der Waals surface area contributed by atoms with Crippen molar-refractivity contribution >= 4 is 5.69 Å². The SMILES string of the molecule is CN1CCC2(CC1)CC(CN1CCN(c3ccc4c(c3)CNC4O)CC1)C2. The van der Waals surface area contributed by atoms with Crippen LogP contribution >= 0.6 is 0 Å². The van der Waals surface area contributed by atoms with E-state index >= 15 is 0 Å². The zero-order chi connectivity index (χ0) is 18.4. The molecule has 1 aromatic rings. The van der Waals surface area contributed by atoms with Gasteiger partial charge in [0, 0.05) is 45.0 Å². The lowest BCUT2D eigenvalue weighted by molar-refractivity contribution is -0.0211. The van der Waals surface area contributed by atoms with Gasteiger partial charge in [-0.05, 0) is 80.4 Å². The van der Waals surface area contributed by atoms with Gasteiger partial charge in [-0.25, -0.2) is 0 Å². The molecular formula is C22H34N4O. The van der Waals surface area contributed by atoms with E-state index in [1.165, 1.54) is 69.7 Å². The Morgan fingerprint density at radius 2 is 1.81 bits per heavy atom. The summed E-state index contributed by atoms with van der Waals surface area (Å²) in [7, 11) is 2.27. The summed E-state index contributed by atoms with van der Waals surface area (Å²) < 4.78 is 0. The summed E-state index contributed by atoms with van der Waals surface area (Å²) in [5, 5.41) is 13.0. The van der Waals surface area contributed by atoms with Gasteiger partial charge in [0.25, 0.3) is 0 Å². The number of rotatable bonds is 3. The van der Waals surface area contributed by atoms with E-state index in [1.807, 2.05) is 0 Å². The summed E-state index contributed by atoms with van der Waals surface area (Å²) in [5.41, 5.74) is 4.32. The number of piperazine rings is 1. The van der Waals surface area contributed by atoms with Crippen molar-refractivity contribution in [3.05, 3.63) is 29.3 Å². The molecule has 3 heterocycles. The molecule has 5 heteroatoms. The number of aliphatic hydroxyl groups is 1. The van der Waals surface area contributed by atoms with Crippen LogP contribution in [-0.4, -0.2) is 67.8 Å². The van der Waals surface area contributed by atoms with E-state index in [4.69, 9.17) is 0 Å². The zero-order valence-corrected chi connectivity index (χ0v) is 16.7. The number of benzene rings is 1. The molecule has 0 amide bonds. The molecule has 2 N–H and O–H groups in total. The third-order valence-electron chi connectivity index (χ3n) is 7.65. The number of anilines is 1. The molecule has 1 saturated carbocycles. The quantitative estimate of drug-likeness (QED) is 0.852. The molecule has 3 fully saturated rings. The molecule has 5 rings (SSSR count). The minimum Gasteiger partial charge on any atom is -0.374 e. The maximum Gasteiger partial charge on any atom is 0.131 e. The van der Waals surface area contributed by atoms with Crippen LogP contribution in [0.15, 0.2) is 18.2 Å². The molecule has 0 radical (unpaired) electrons. The van der Waals surface area contributed by atoms with Gasteiger partial charge in [0.05, 0.1) is 0 Å². The Balaban J connectivity index is 1.10. The maximum atomic E-state index is 9.90. The van der Waals surface area contributed by atoms with Gasteiger partial charge in [-0.2, -0.15) is 0 Å². The average molecular weight is 371 g/mol. The maximum absolute atomic E-state index is 9.90. The number of hydrogen-bond donors (Lipinski definition) is 2. The Labute approximate surface area is 163 Å². The Morgan fingerprint density at radius 1 is 1.07 bits per heavy atom. The summed E-state index contributed by atoms with van der Waals surface area (Å²) in [6.07, 6.45) is 5.31. The number of likely N-dealkylation sites (tertiary alicyclic amines) is 1. The van der Waals surface area contributed by atoms with Gasteiger partial charge >= 0.3 is 0 Å². The van der Waals surface area contributed by atoms with Gasteiger partial charge in [-0.15, -0.1) is 0 Å². The van der Waals surface area contributed by atoms with Gasteiger partial charge in [0.1, 0.15) is 6.23 Å². The Bertz CT molecular complexity index is 669. The highest BCUT2D eigenvalue weighted by Crippen LogP contribution is 2.52. The monoisotopic (exact) mass is 370 g/mol. The molecule has 148 valence electrons. The molecule has 1 aliphatic carbocycles. The molecule has 0 bridgehead atoms. The molecule has 1 aromatic carbocycles. The van der Waals surface area contributed by atoms with Crippen LogP contribution < -0.4 is 10.2 Å². The molecule has 3 aliphatic heterocycles. The van der Waals surface area contributed by atoms with Crippen LogP contribution in [0.4, 0.5) is 5.69 Å². The minimum absolute atomic E-state index is 0.485. The summed E-state index contributed by atoms with van der Waals surface area (Å²) >= 11 is 0. The van der Waals surface area contributed by atoms with Crippen molar-refractivity contribution in [3.8, 4) is 0 Å². The summed E-state index contributed by atoms with van der Waals surface area (Å²) in [5.74, 6) is 0.938. The highest BCUT2D eigenvalue weighted by molar-refractivity contribution is 5.53. The first-order chi connectivity index (χ1) is 13.1. The normalized spacial score (nSPS) is 29.1. The lowest BCUT2D eigenvalue weighted by Crippen LogP contribution is -2.52. The van der Waals surface area contributed by atoms with Crippen molar-refractivity contribution in [1.29, 1.82) is 0 Å². The van der Waals surface area contributed by atoms with Gasteiger partial charge in [0.15, 0.2) is 0 Å². The smallest absolute Gasteiger partial charge is 0.131 e. The minimum atomic E-state index is -0.485. The lowest BCUT2D eigenvalue weighted by Gasteiger charge is -2.53. The van der Waals surface area contributed by atoms with Crippen LogP contribution in [0.1, 0.15) is 43.0 Å².